The lowest BCUT2D eigenvalue weighted by Gasteiger charge is -2.07. The molecule has 4 nitrogen and oxygen atoms in total. The summed E-state index contributed by atoms with van der Waals surface area (Å²) in [6, 6.07) is 0. The summed E-state index contributed by atoms with van der Waals surface area (Å²) in [4.78, 5) is 14.1. The van der Waals surface area contributed by atoms with Crippen molar-refractivity contribution in [3.63, 3.8) is 0 Å². The van der Waals surface area contributed by atoms with E-state index in [9.17, 15) is 4.79 Å². The minimum Gasteiger partial charge on any atom is -0.379 e. The Labute approximate surface area is 46.8 Å². The normalized spacial score (nSPS) is 19.5. The van der Waals surface area contributed by atoms with Crippen LogP contribution in [-0.4, -0.2) is 24.8 Å². The van der Waals surface area contributed by atoms with Crippen LogP contribution in [0.2, 0.25) is 0 Å². The third kappa shape index (κ3) is 0.776. The van der Waals surface area contributed by atoms with Crippen LogP contribution in [0.15, 0.2) is 4.99 Å². The maximum Gasteiger partial charge on any atom is 0.286 e. The predicted octanol–water partition coefficient (Wildman–Crippen LogP) is -1.53. The maximum absolute atomic E-state index is 10.4. The number of nitrogens with one attached hydrogen (secondary N) is 1. The molecule has 0 aromatic heterocycles. The van der Waals surface area contributed by atoms with Crippen LogP contribution in [0.3, 0.4) is 0 Å². The average molecular weight is 113 g/mol. The highest BCUT2D eigenvalue weighted by atomic mass is 16.2. The van der Waals surface area contributed by atoms with E-state index in [-0.39, 0.29) is 11.7 Å². The monoisotopic (exact) mass is 113 g/mol. The van der Waals surface area contributed by atoms with E-state index >= 15 is 0 Å². The van der Waals surface area contributed by atoms with Crippen LogP contribution < -0.4 is 11.1 Å². The molecular formula is C4H7N3O. The van der Waals surface area contributed by atoms with E-state index in [0.29, 0.717) is 13.1 Å². The van der Waals surface area contributed by atoms with Gasteiger partial charge in [0.05, 0.1) is 6.54 Å². The molecular weight excluding hydrogens is 106 g/mol. The van der Waals surface area contributed by atoms with Crippen molar-refractivity contribution in [2.45, 2.75) is 0 Å². The van der Waals surface area contributed by atoms with Gasteiger partial charge in [0, 0.05) is 6.54 Å². The molecule has 0 radical (unpaired) electrons. The third-order valence-corrected chi connectivity index (χ3v) is 0.912. The molecule has 1 amide bonds. The maximum atomic E-state index is 10.4. The molecule has 0 atom stereocenters. The van der Waals surface area contributed by atoms with E-state index in [1.807, 2.05) is 0 Å². The number of hydrogen-bond donors (Lipinski definition) is 2. The van der Waals surface area contributed by atoms with Crippen LogP contribution in [0.4, 0.5) is 0 Å². The molecule has 3 N–H and O–H groups in total. The minimum absolute atomic E-state index is 0.0938. The molecule has 0 saturated carbocycles. The second-order valence-electron chi connectivity index (χ2n) is 1.52. The number of hydrogen-bond acceptors (Lipinski definition) is 3. The van der Waals surface area contributed by atoms with Gasteiger partial charge in [-0.2, -0.15) is 0 Å². The molecule has 0 aromatic rings. The Morgan fingerprint density at radius 1 is 1.75 bits per heavy atom. The largest absolute Gasteiger partial charge is 0.379 e. The Morgan fingerprint density at radius 2 is 2.50 bits per heavy atom. The number of nitrogens with two attached hydrogens (primary N) is 1. The smallest absolute Gasteiger partial charge is 0.286 e. The van der Waals surface area contributed by atoms with Gasteiger partial charge in [0.25, 0.3) is 5.91 Å². The standard InChI is InChI=1S/C4H7N3O/c5-3-4(8)7-2-1-6-3/h1-2H2,(H2,5,6)(H,7,8). The van der Waals surface area contributed by atoms with Crippen molar-refractivity contribution in [3.8, 4) is 0 Å². The lowest BCUT2D eigenvalue weighted by atomic mass is 10.4. The molecule has 0 aromatic carbocycles. The summed E-state index contributed by atoms with van der Waals surface area (Å²) < 4.78 is 0. The SMILES string of the molecule is NC1=NCCNC1=O. The quantitative estimate of drug-likeness (QED) is 0.400. The van der Waals surface area contributed by atoms with E-state index in [1.54, 1.807) is 0 Å². The van der Waals surface area contributed by atoms with Crippen molar-refractivity contribution in [1.29, 1.82) is 0 Å². The van der Waals surface area contributed by atoms with Gasteiger partial charge in [0.15, 0.2) is 5.84 Å². The van der Waals surface area contributed by atoms with Crippen LogP contribution in [0.25, 0.3) is 0 Å². The molecule has 4 heteroatoms. The van der Waals surface area contributed by atoms with Gasteiger partial charge < -0.3 is 11.1 Å². The molecule has 0 unspecified atom stereocenters. The van der Waals surface area contributed by atoms with Crippen LogP contribution in [-0.2, 0) is 4.79 Å². The molecule has 0 aliphatic carbocycles. The van der Waals surface area contributed by atoms with Crippen molar-refractivity contribution < 1.29 is 4.79 Å². The fraction of sp³-hybridized carbons (Fsp3) is 0.500. The highest BCUT2D eigenvalue weighted by molar-refractivity contribution is 6.37. The first-order valence-electron chi connectivity index (χ1n) is 2.39. The van der Waals surface area contributed by atoms with Crippen LogP contribution in [0, 0.1) is 0 Å². The molecule has 0 saturated heterocycles. The minimum atomic E-state index is -0.253. The predicted molar refractivity (Wildman–Crippen MR) is 29.5 cm³/mol. The van der Waals surface area contributed by atoms with Gasteiger partial charge in [0.1, 0.15) is 0 Å². The average Bonchev–Trinajstić information content (AvgIpc) is 1.77. The van der Waals surface area contributed by atoms with Gasteiger partial charge in [-0.15, -0.1) is 0 Å². The van der Waals surface area contributed by atoms with Gasteiger partial charge in [-0.1, -0.05) is 0 Å². The van der Waals surface area contributed by atoms with Gasteiger partial charge in [0.2, 0.25) is 0 Å². The first kappa shape index (κ1) is 5.08. The first-order valence-corrected chi connectivity index (χ1v) is 2.39. The Kier molecular flexibility index (Phi) is 1.15. The topological polar surface area (TPSA) is 67.5 Å². The molecule has 0 spiro atoms. The molecule has 1 aliphatic rings. The second-order valence-corrected chi connectivity index (χ2v) is 1.52. The molecule has 44 valence electrons. The summed E-state index contributed by atoms with van der Waals surface area (Å²) in [5.74, 6) is -0.160. The number of rotatable bonds is 0. The fourth-order valence-electron chi connectivity index (χ4n) is 0.508. The highest BCUT2D eigenvalue weighted by Crippen LogP contribution is 1.78. The molecule has 8 heavy (non-hydrogen) atoms. The van der Waals surface area contributed by atoms with Gasteiger partial charge in [-0.25, -0.2) is 0 Å². The second kappa shape index (κ2) is 1.81. The van der Waals surface area contributed by atoms with Crippen LogP contribution >= 0.6 is 0 Å². The molecule has 1 aliphatic heterocycles. The first-order chi connectivity index (χ1) is 3.80. The number of nitrogens with zero attached hydrogens (tertiary/aromatic N) is 1. The van der Waals surface area contributed by atoms with Gasteiger partial charge >= 0.3 is 0 Å². The zero-order valence-electron chi connectivity index (χ0n) is 4.35. The van der Waals surface area contributed by atoms with Crippen molar-refractivity contribution in [2.75, 3.05) is 13.1 Å². The number of aliphatic imine (C=N–C) groups is 1. The molecule has 1 heterocycles. The number of amidine groups is 1. The summed E-state index contributed by atoms with van der Waals surface area (Å²) in [5.41, 5.74) is 5.12. The molecule has 0 fully saturated rings. The van der Waals surface area contributed by atoms with Crippen LogP contribution in [0.5, 0.6) is 0 Å². The van der Waals surface area contributed by atoms with Gasteiger partial charge in [-0.05, 0) is 0 Å². The lowest BCUT2D eigenvalue weighted by molar-refractivity contribution is -0.115. The van der Waals surface area contributed by atoms with Crippen LogP contribution in [0.1, 0.15) is 0 Å². The summed E-state index contributed by atoms with van der Waals surface area (Å²) in [6.07, 6.45) is 0. The fourth-order valence-corrected chi connectivity index (χ4v) is 0.508. The van der Waals surface area contributed by atoms with Gasteiger partial charge in [-0.3, -0.25) is 9.79 Å². The Bertz CT molecular complexity index is 140. The number of amides is 1. The summed E-state index contributed by atoms with van der Waals surface area (Å²) in [5, 5.41) is 2.54. The van der Waals surface area contributed by atoms with Crippen molar-refractivity contribution in [3.05, 3.63) is 0 Å². The van der Waals surface area contributed by atoms with E-state index in [0.717, 1.165) is 0 Å². The number of carbonyl (C=O) groups is 1. The number of carbonyl (C=O) groups excluding carboxylic acids is 1. The Hall–Kier alpha value is -1.06. The summed E-state index contributed by atoms with van der Waals surface area (Å²) >= 11 is 0. The molecule has 0 bridgehead atoms. The van der Waals surface area contributed by atoms with E-state index in [4.69, 9.17) is 5.73 Å². The zero-order valence-corrected chi connectivity index (χ0v) is 4.35. The Morgan fingerprint density at radius 3 is 2.88 bits per heavy atom. The lowest BCUT2D eigenvalue weighted by Crippen LogP contribution is -2.41. The van der Waals surface area contributed by atoms with Crippen molar-refractivity contribution >= 4 is 11.7 Å². The zero-order chi connectivity index (χ0) is 5.98. The molecule has 1 rings (SSSR count). The third-order valence-electron chi connectivity index (χ3n) is 0.912. The van der Waals surface area contributed by atoms with Crippen molar-refractivity contribution in [2.24, 2.45) is 10.7 Å². The summed E-state index contributed by atoms with van der Waals surface area (Å²) in [7, 11) is 0. The van der Waals surface area contributed by atoms with E-state index < -0.39 is 0 Å². The van der Waals surface area contributed by atoms with E-state index in [1.165, 1.54) is 0 Å². The van der Waals surface area contributed by atoms with E-state index in [2.05, 4.69) is 10.3 Å². The highest BCUT2D eigenvalue weighted by Gasteiger charge is 2.08. The summed E-state index contributed by atoms with van der Waals surface area (Å²) in [6.45, 7) is 1.22. The Balaban J connectivity index is 2.67. The van der Waals surface area contributed by atoms with Crippen molar-refractivity contribution in [1.82, 2.24) is 5.32 Å².